The fourth-order valence-electron chi connectivity index (χ4n) is 6.53. The van der Waals surface area contributed by atoms with Crippen molar-refractivity contribution in [3.05, 3.63) is 17.8 Å². The SMILES string of the molecule is COC(=O)NC(C)(C)/C=C/n1ncc(C(=O)NC23CC4CC(C2)CC(OC(N)=O)(C4)C3)c1OC(C)C. The Hall–Kier alpha value is -3.24. The summed E-state index contributed by atoms with van der Waals surface area (Å²) in [5, 5.41) is 10.3. The number of hydrogen-bond acceptors (Lipinski definition) is 7. The van der Waals surface area contributed by atoms with Gasteiger partial charge >= 0.3 is 12.2 Å². The minimum absolute atomic E-state index is 0.201. The monoisotopic (exact) mass is 503 g/mol. The summed E-state index contributed by atoms with van der Waals surface area (Å²) in [5.41, 5.74) is 3.91. The van der Waals surface area contributed by atoms with Crippen LogP contribution in [0.15, 0.2) is 12.3 Å². The molecule has 0 aromatic carbocycles. The van der Waals surface area contributed by atoms with Crippen molar-refractivity contribution in [3.8, 4) is 5.88 Å². The van der Waals surface area contributed by atoms with Gasteiger partial charge in [0.25, 0.3) is 5.91 Å². The summed E-state index contributed by atoms with van der Waals surface area (Å²) < 4.78 is 17.8. The molecule has 2 atom stereocenters. The average Bonchev–Trinajstić information content (AvgIpc) is 3.11. The third kappa shape index (κ3) is 5.44. The van der Waals surface area contributed by atoms with E-state index in [2.05, 4.69) is 20.5 Å². The number of carbonyl (C=O) groups excluding carboxylic acids is 3. The summed E-state index contributed by atoms with van der Waals surface area (Å²) in [4.78, 5) is 36.8. The maximum absolute atomic E-state index is 13.6. The van der Waals surface area contributed by atoms with Gasteiger partial charge in [-0.2, -0.15) is 5.10 Å². The molecule has 4 aliphatic rings. The Balaban J connectivity index is 1.56. The van der Waals surface area contributed by atoms with Crippen LogP contribution in [0.2, 0.25) is 0 Å². The van der Waals surface area contributed by atoms with Crippen LogP contribution in [-0.2, 0) is 9.47 Å². The number of nitrogens with two attached hydrogens (primary N) is 1. The molecule has 3 amide bonds. The fourth-order valence-corrected chi connectivity index (χ4v) is 6.53. The Morgan fingerprint density at radius 1 is 1.22 bits per heavy atom. The van der Waals surface area contributed by atoms with E-state index < -0.39 is 28.9 Å². The third-order valence-corrected chi connectivity index (χ3v) is 7.29. The maximum Gasteiger partial charge on any atom is 0.407 e. The van der Waals surface area contributed by atoms with Crippen LogP contribution in [0.4, 0.5) is 9.59 Å². The zero-order valence-electron chi connectivity index (χ0n) is 21.6. The van der Waals surface area contributed by atoms with Gasteiger partial charge in [-0.05, 0) is 77.7 Å². The predicted octanol–water partition coefficient (Wildman–Crippen LogP) is 3.19. The molecular formula is C25H37N5O6. The van der Waals surface area contributed by atoms with Crippen LogP contribution < -0.4 is 21.1 Å². The second kappa shape index (κ2) is 9.33. The summed E-state index contributed by atoms with van der Waals surface area (Å²) in [6.45, 7) is 7.35. The van der Waals surface area contributed by atoms with Gasteiger partial charge in [0.15, 0.2) is 0 Å². The molecule has 1 aromatic rings. The highest BCUT2D eigenvalue weighted by atomic mass is 16.6. The predicted molar refractivity (Wildman–Crippen MR) is 131 cm³/mol. The van der Waals surface area contributed by atoms with Crippen LogP contribution in [0, 0.1) is 11.8 Å². The van der Waals surface area contributed by atoms with E-state index in [-0.39, 0.29) is 12.0 Å². The summed E-state index contributed by atoms with van der Waals surface area (Å²) in [7, 11) is 1.30. The molecule has 198 valence electrons. The molecule has 4 aliphatic carbocycles. The van der Waals surface area contributed by atoms with Crippen molar-refractivity contribution in [2.45, 2.75) is 89.0 Å². The number of carbonyl (C=O) groups is 3. The number of nitrogens with zero attached hydrogens (tertiary/aromatic N) is 2. The second-order valence-corrected chi connectivity index (χ2v) is 11.4. The van der Waals surface area contributed by atoms with E-state index in [0.29, 0.717) is 29.7 Å². The highest BCUT2D eigenvalue weighted by Gasteiger charge is 2.60. The smallest absolute Gasteiger partial charge is 0.407 e. The van der Waals surface area contributed by atoms with Gasteiger partial charge in [-0.1, -0.05) is 0 Å². The van der Waals surface area contributed by atoms with E-state index in [4.69, 9.17) is 15.2 Å². The van der Waals surface area contributed by atoms with Crippen LogP contribution in [-0.4, -0.2) is 57.8 Å². The van der Waals surface area contributed by atoms with Crippen molar-refractivity contribution in [3.63, 3.8) is 0 Å². The molecular weight excluding hydrogens is 466 g/mol. The normalized spacial score (nSPS) is 28.8. The quantitative estimate of drug-likeness (QED) is 0.494. The van der Waals surface area contributed by atoms with Gasteiger partial charge in [0, 0.05) is 18.2 Å². The molecule has 1 heterocycles. The van der Waals surface area contributed by atoms with Crippen LogP contribution in [0.1, 0.15) is 76.6 Å². The third-order valence-electron chi connectivity index (χ3n) is 7.29. The molecule has 4 fully saturated rings. The van der Waals surface area contributed by atoms with Gasteiger partial charge in [-0.15, -0.1) is 0 Å². The fraction of sp³-hybridized carbons (Fsp3) is 0.680. The summed E-state index contributed by atoms with van der Waals surface area (Å²) >= 11 is 0. The lowest BCUT2D eigenvalue weighted by Crippen LogP contribution is -2.66. The summed E-state index contributed by atoms with van der Waals surface area (Å²) in [6, 6.07) is 0. The molecule has 0 radical (unpaired) electrons. The van der Waals surface area contributed by atoms with Crippen LogP contribution >= 0.6 is 0 Å². The van der Waals surface area contributed by atoms with Crippen molar-refractivity contribution >= 4 is 24.3 Å². The van der Waals surface area contributed by atoms with Crippen molar-refractivity contribution < 1.29 is 28.6 Å². The van der Waals surface area contributed by atoms with E-state index in [1.54, 1.807) is 26.1 Å². The lowest BCUT2D eigenvalue weighted by molar-refractivity contribution is -0.139. The molecule has 36 heavy (non-hydrogen) atoms. The maximum atomic E-state index is 13.6. The molecule has 0 saturated heterocycles. The zero-order valence-corrected chi connectivity index (χ0v) is 21.6. The molecule has 1 aromatic heterocycles. The Morgan fingerprint density at radius 2 is 1.89 bits per heavy atom. The molecule has 11 heteroatoms. The first-order valence-electron chi connectivity index (χ1n) is 12.4. The first-order valence-corrected chi connectivity index (χ1v) is 12.4. The number of amides is 3. The number of rotatable bonds is 8. The number of hydrogen-bond donors (Lipinski definition) is 3. The number of alkyl carbamates (subject to hydrolysis) is 1. The van der Waals surface area contributed by atoms with Crippen molar-refractivity contribution in [2.75, 3.05) is 7.11 Å². The molecule has 4 bridgehead atoms. The van der Waals surface area contributed by atoms with Crippen LogP contribution in [0.5, 0.6) is 5.88 Å². The number of primary amides is 1. The van der Waals surface area contributed by atoms with Crippen LogP contribution in [0.25, 0.3) is 6.20 Å². The lowest BCUT2D eigenvalue weighted by Gasteiger charge is -2.61. The minimum Gasteiger partial charge on any atom is -0.474 e. The first-order chi connectivity index (χ1) is 16.8. The Bertz CT molecular complexity index is 1050. The highest BCUT2D eigenvalue weighted by molar-refractivity contribution is 5.97. The van der Waals surface area contributed by atoms with Crippen molar-refractivity contribution in [1.29, 1.82) is 0 Å². The Labute approximate surface area is 211 Å². The standard InChI is InChI=1S/C25H37N5O6/c1-15(2)35-20-18(13-27-30(20)7-6-23(3,4)29-22(33)34-5)19(31)28-24-9-16-8-17(10-24)12-25(11-16,14-24)36-21(26)32/h6-7,13,15-17H,8-12,14H2,1-5H3,(H2,26,32)(H,28,31)(H,29,33)/b7-6+. The summed E-state index contributed by atoms with van der Waals surface area (Å²) in [6.07, 6.45) is 8.27. The minimum atomic E-state index is -0.760. The molecule has 0 spiro atoms. The molecule has 5 rings (SSSR count). The van der Waals surface area contributed by atoms with E-state index in [9.17, 15) is 14.4 Å². The van der Waals surface area contributed by atoms with E-state index in [0.717, 1.165) is 32.1 Å². The highest BCUT2D eigenvalue weighted by Crippen LogP contribution is 2.59. The largest absolute Gasteiger partial charge is 0.474 e. The van der Waals surface area contributed by atoms with Crippen LogP contribution in [0.3, 0.4) is 0 Å². The molecule has 4 N–H and O–H groups in total. The van der Waals surface area contributed by atoms with E-state index in [1.165, 1.54) is 18.0 Å². The van der Waals surface area contributed by atoms with E-state index >= 15 is 0 Å². The van der Waals surface area contributed by atoms with Gasteiger partial charge in [-0.25, -0.2) is 14.3 Å². The average molecular weight is 504 g/mol. The lowest BCUT2D eigenvalue weighted by atomic mass is 9.51. The molecule has 11 nitrogen and oxygen atoms in total. The zero-order chi connectivity index (χ0) is 26.3. The topological polar surface area (TPSA) is 147 Å². The summed E-state index contributed by atoms with van der Waals surface area (Å²) in [5.74, 6) is 0.786. The molecule has 4 saturated carbocycles. The Morgan fingerprint density at radius 3 is 2.47 bits per heavy atom. The molecule has 2 unspecified atom stereocenters. The first kappa shape index (κ1) is 25.8. The van der Waals surface area contributed by atoms with Gasteiger partial charge < -0.3 is 30.6 Å². The number of methoxy groups -OCH3 is 1. The van der Waals surface area contributed by atoms with Gasteiger partial charge in [0.05, 0.1) is 24.9 Å². The number of aromatic nitrogens is 2. The van der Waals surface area contributed by atoms with Gasteiger partial charge in [0.1, 0.15) is 11.2 Å². The van der Waals surface area contributed by atoms with Crippen molar-refractivity contribution in [1.82, 2.24) is 20.4 Å². The number of ether oxygens (including phenoxy) is 3. The number of nitrogens with one attached hydrogen (secondary N) is 2. The van der Waals surface area contributed by atoms with Gasteiger partial charge in [-0.3, -0.25) is 4.79 Å². The van der Waals surface area contributed by atoms with Gasteiger partial charge in [0.2, 0.25) is 5.88 Å². The Kier molecular flexibility index (Phi) is 6.70. The van der Waals surface area contributed by atoms with E-state index in [1.807, 2.05) is 13.8 Å². The molecule has 0 aliphatic heterocycles. The van der Waals surface area contributed by atoms with Crippen molar-refractivity contribution in [2.24, 2.45) is 17.6 Å². The second-order valence-electron chi connectivity index (χ2n) is 11.4.